The average molecular weight is 277 g/mol. The number of nitrogens with one attached hydrogen (secondary N) is 1. The van der Waals surface area contributed by atoms with Crippen molar-refractivity contribution in [3.05, 3.63) is 35.9 Å². The van der Waals surface area contributed by atoms with Gasteiger partial charge in [0.2, 0.25) is 0 Å². The lowest BCUT2D eigenvalue weighted by Gasteiger charge is -2.07. The molecule has 20 heavy (non-hydrogen) atoms. The maximum Gasteiger partial charge on any atom is 0.188 e. The molecule has 0 aromatic heterocycles. The molecule has 4 heteroatoms. The molecule has 1 rings (SSSR count). The molecule has 0 heterocycles. The molecule has 0 aliphatic heterocycles. The zero-order chi connectivity index (χ0) is 14.6. The van der Waals surface area contributed by atoms with Crippen LogP contribution < -0.4 is 11.1 Å². The summed E-state index contributed by atoms with van der Waals surface area (Å²) in [5, 5.41) is 3.12. The molecule has 0 unspecified atom stereocenters. The van der Waals surface area contributed by atoms with Crippen LogP contribution in [0.25, 0.3) is 0 Å². The maximum absolute atomic E-state index is 5.75. The monoisotopic (exact) mass is 277 g/mol. The number of nitrogens with zero attached hydrogens (tertiary/aromatic N) is 1. The van der Waals surface area contributed by atoms with E-state index >= 15 is 0 Å². The van der Waals surface area contributed by atoms with Gasteiger partial charge in [-0.05, 0) is 24.3 Å². The van der Waals surface area contributed by atoms with Gasteiger partial charge >= 0.3 is 0 Å². The van der Waals surface area contributed by atoms with Crippen molar-refractivity contribution in [3.63, 3.8) is 0 Å². The van der Waals surface area contributed by atoms with E-state index in [4.69, 9.17) is 10.5 Å². The number of hydrogen-bond donors (Lipinski definition) is 2. The highest BCUT2D eigenvalue weighted by molar-refractivity contribution is 5.77. The van der Waals surface area contributed by atoms with Gasteiger partial charge in [-0.1, -0.05) is 44.2 Å². The summed E-state index contributed by atoms with van der Waals surface area (Å²) >= 11 is 0. The van der Waals surface area contributed by atoms with Gasteiger partial charge in [0, 0.05) is 19.7 Å². The minimum atomic E-state index is 0.543. The van der Waals surface area contributed by atoms with Gasteiger partial charge in [0.15, 0.2) is 5.96 Å². The lowest BCUT2D eigenvalue weighted by atomic mass is 10.2. The molecule has 1 aromatic rings. The fraction of sp³-hybridized carbons (Fsp3) is 0.562. The van der Waals surface area contributed by atoms with Crippen molar-refractivity contribution in [2.24, 2.45) is 16.6 Å². The second-order valence-corrected chi connectivity index (χ2v) is 5.29. The van der Waals surface area contributed by atoms with Crippen molar-refractivity contribution < 1.29 is 4.74 Å². The van der Waals surface area contributed by atoms with E-state index in [1.165, 1.54) is 5.56 Å². The van der Waals surface area contributed by atoms with Gasteiger partial charge < -0.3 is 15.8 Å². The van der Waals surface area contributed by atoms with Crippen LogP contribution in [0.4, 0.5) is 0 Å². The smallest absolute Gasteiger partial charge is 0.188 e. The van der Waals surface area contributed by atoms with E-state index in [-0.39, 0.29) is 0 Å². The standard InChI is InChI=1S/C16H27N3O/c1-14(2)12-19-16(17)18-10-6-7-11-20-13-15-8-4-3-5-9-15/h3-5,8-9,14H,6-7,10-13H2,1-2H3,(H3,17,18,19). The predicted molar refractivity (Wildman–Crippen MR) is 84.7 cm³/mol. The Morgan fingerprint density at radius 3 is 2.70 bits per heavy atom. The topological polar surface area (TPSA) is 59.6 Å². The van der Waals surface area contributed by atoms with Gasteiger partial charge in [-0.3, -0.25) is 4.99 Å². The molecule has 0 amide bonds. The zero-order valence-electron chi connectivity index (χ0n) is 12.6. The summed E-state index contributed by atoms with van der Waals surface area (Å²) < 4.78 is 5.62. The summed E-state index contributed by atoms with van der Waals surface area (Å²) in [4.78, 5) is 4.25. The summed E-state index contributed by atoms with van der Waals surface area (Å²) in [5.41, 5.74) is 6.96. The van der Waals surface area contributed by atoms with Crippen molar-refractivity contribution in [1.29, 1.82) is 0 Å². The third kappa shape index (κ3) is 8.53. The third-order valence-electron chi connectivity index (χ3n) is 2.76. The van der Waals surface area contributed by atoms with E-state index in [9.17, 15) is 0 Å². The van der Waals surface area contributed by atoms with Gasteiger partial charge in [0.25, 0.3) is 0 Å². The van der Waals surface area contributed by atoms with Crippen LogP contribution >= 0.6 is 0 Å². The minimum absolute atomic E-state index is 0.543. The van der Waals surface area contributed by atoms with Gasteiger partial charge in [-0.25, -0.2) is 0 Å². The van der Waals surface area contributed by atoms with Gasteiger partial charge in [-0.15, -0.1) is 0 Å². The molecular formula is C16H27N3O. The Morgan fingerprint density at radius 2 is 2.00 bits per heavy atom. The van der Waals surface area contributed by atoms with Crippen molar-refractivity contribution in [1.82, 2.24) is 5.32 Å². The highest BCUT2D eigenvalue weighted by atomic mass is 16.5. The van der Waals surface area contributed by atoms with Crippen molar-refractivity contribution in [2.45, 2.75) is 33.3 Å². The van der Waals surface area contributed by atoms with Crippen LogP contribution in [0.1, 0.15) is 32.3 Å². The summed E-state index contributed by atoms with van der Waals surface area (Å²) in [5.74, 6) is 1.09. The summed E-state index contributed by atoms with van der Waals surface area (Å²) in [6.07, 6.45) is 2.06. The molecule has 4 nitrogen and oxygen atoms in total. The largest absolute Gasteiger partial charge is 0.377 e. The van der Waals surface area contributed by atoms with E-state index in [1.807, 2.05) is 18.2 Å². The Hall–Kier alpha value is -1.55. The number of hydrogen-bond acceptors (Lipinski definition) is 2. The summed E-state index contributed by atoms with van der Waals surface area (Å²) in [7, 11) is 0. The SMILES string of the molecule is CC(C)CN=C(N)NCCCCOCc1ccccc1. The quantitative estimate of drug-likeness (QED) is 0.414. The number of aliphatic imine (C=N–C) groups is 1. The first kappa shape index (κ1) is 16.5. The zero-order valence-corrected chi connectivity index (χ0v) is 12.6. The lowest BCUT2D eigenvalue weighted by molar-refractivity contribution is 0.117. The first-order valence-corrected chi connectivity index (χ1v) is 7.34. The number of benzene rings is 1. The van der Waals surface area contributed by atoms with Crippen LogP contribution in [0.5, 0.6) is 0 Å². The first-order chi connectivity index (χ1) is 9.68. The second-order valence-electron chi connectivity index (χ2n) is 5.29. The molecule has 0 saturated heterocycles. The Kier molecular flexibility index (Phi) is 8.47. The van der Waals surface area contributed by atoms with Crippen LogP contribution in [0.3, 0.4) is 0 Å². The first-order valence-electron chi connectivity index (χ1n) is 7.34. The van der Waals surface area contributed by atoms with Crippen molar-refractivity contribution >= 4 is 5.96 Å². The van der Waals surface area contributed by atoms with Crippen LogP contribution in [-0.2, 0) is 11.3 Å². The van der Waals surface area contributed by atoms with Crippen LogP contribution in [0.15, 0.2) is 35.3 Å². The molecule has 3 N–H and O–H groups in total. The van der Waals surface area contributed by atoms with E-state index in [0.717, 1.165) is 32.5 Å². The fourth-order valence-electron chi connectivity index (χ4n) is 1.65. The lowest BCUT2D eigenvalue weighted by Crippen LogP contribution is -2.32. The van der Waals surface area contributed by atoms with Gasteiger partial charge in [0.1, 0.15) is 0 Å². The van der Waals surface area contributed by atoms with Crippen LogP contribution in [0, 0.1) is 5.92 Å². The summed E-state index contributed by atoms with van der Waals surface area (Å²) in [6, 6.07) is 10.2. The van der Waals surface area contributed by atoms with E-state index in [1.54, 1.807) is 0 Å². The Morgan fingerprint density at radius 1 is 1.25 bits per heavy atom. The summed E-state index contributed by atoms with van der Waals surface area (Å²) in [6.45, 7) is 7.34. The van der Waals surface area contributed by atoms with Gasteiger partial charge in [-0.2, -0.15) is 0 Å². The Balaban J connectivity index is 1.96. The molecule has 0 bridgehead atoms. The van der Waals surface area contributed by atoms with Crippen LogP contribution in [0.2, 0.25) is 0 Å². The molecule has 0 atom stereocenters. The molecule has 0 radical (unpaired) electrons. The third-order valence-corrected chi connectivity index (χ3v) is 2.76. The number of unbranched alkanes of at least 4 members (excludes halogenated alkanes) is 1. The predicted octanol–water partition coefficient (Wildman–Crippen LogP) is 2.54. The molecule has 0 fully saturated rings. The van der Waals surface area contributed by atoms with Crippen molar-refractivity contribution in [2.75, 3.05) is 19.7 Å². The highest BCUT2D eigenvalue weighted by Crippen LogP contribution is 2.01. The highest BCUT2D eigenvalue weighted by Gasteiger charge is 1.95. The molecule has 0 aliphatic rings. The second kappa shape index (κ2) is 10.3. The van der Waals surface area contributed by atoms with E-state index in [0.29, 0.717) is 18.5 Å². The number of nitrogens with two attached hydrogens (primary N) is 1. The Labute approximate surface area is 122 Å². The van der Waals surface area contributed by atoms with Crippen molar-refractivity contribution in [3.8, 4) is 0 Å². The molecular weight excluding hydrogens is 250 g/mol. The molecule has 1 aromatic carbocycles. The number of guanidine groups is 1. The molecule has 0 spiro atoms. The Bertz CT molecular complexity index is 377. The molecule has 0 aliphatic carbocycles. The average Bonchev–Trinajstić information content (AvgIpc) is 2.45. The number of rotatable bonds is 9. The minimum Gasteiger partial charge on any atom is -0.377 e. The van der Waals surface area contributed by atoms with Gasteiger partial charge in [0.05, 0.1) is 6.61 Å². The molecule has 112 valence electrons. The van der Waals surface area contributed by atoms with E-state index in [2.05, 4.69) is 36.3 Å². The maximum atomic E-state index is 5.75. The normalized spacial score (nSPS) is 11.8. The number of ether oxygens (including phenoxy) is 1. The fourth-order valence-corrected chi connectivity index (χ4v) is 1.65. The van der Waals surface area contributed by atoms with Crippen LogP contribution in [-0.4, -0.2) is 25.7 Å². The van der Waals surface area contributed by atoms with E-state index < -0.39 is 0 Å². The molecule has 0 saturated carbocycles.